The third-order valence-corrected chi connectivity index (χ3v) is 2.84. The van der Waals surface area contributed by atoms with Crippen LogP contribution in [0.2, 0.25) is 0 Å². The van der Waals surface area contributed by atoms with E-state index in [1.165, 1.54) is 7.11 Å². The average molecular weight is 268 g/mol. The first-order valence-electron chi connectivity index (χ1n) is 6.06. The Morgan fingerprint density at radius 3 is 2.16 bits per heavy atom. The summed E-state index contributed by atoms with van der Waals surface area (Å²) in [5.41, 5.74) is 0.628. The lowest BCUT2D eigenvalue weighted by atomic mass is 9.98. The van der Waals surface area contributed by atoms with Crippen LogP contribution in [-0.4, -0.2) is 33.9 Å². The lowest BCUT2D eigenvalue weighted by Gasteiger charge is -2.19. The van der Waals surface area contributed by atoms with Crippen molar-refractivity contribution >= 4 is 5.97 Å². The molecule has 0 spiro atoms. The monoisotopic (exact) mass is 268 g/mol. The van der Waals surface area contributed by atoms with Crippen molar-refractivity contribution in [2.45, 2.75) is 19.8 Å². The highest BCUT2D eigenvalue weighted by molar-refractivity contribution is 5.80. The summed E-state index contributed by atoms with van der Waals surface area (Å²) < 4.78 is 20.9. The molecule has 0 aliphatic rings. The number of carbonyl (C=O) groups excluding carboxylic acids is 1. The topological polar surface area (TPSA) is 54.0 Å². The van der Waals surface area contributed by atoms with Gasteiger partial charge in [-0.05, 0) is 26.0 Å². The van der Waals surface area contributed by atoms with Gasteiger partial charge in [0.25, 0.3) is 0 Å². The van der Waals surface area contributed by atoms with Gasteiger partial charge in [0.15, 0.2) is 11.5 Å². The summed E-state index contributed by atoms with van der Waals surface area (Å²) in [4.78, 5) is 11.9. The zero-order valence-electron chi connectivity index (χ0n) is 12.0. The molecule has 1 aromatic carbocycles. The Kier molecular flexibility index (Phi) is 5.48. The largest absolute Gasteiger partial charge is 0.496 e. The first-order valence-corrected chi connectivity index (χ1v) is 6.06. The van der Waals surface area contributed by atoms with Crippen LogP contribution >= 0.6 is 0 Å². The number of carbonyl (C=O) groups is 1. The zero-order chi connectivity index (χ0) is 14.4. The Morgan fingerprint density at radius 1 is 1.11 bits per heavy atom. The SMILES string of the molecule is CCOC(=O)C(C)c1c(OC)ccc(OC)c1OC. The van der Waals surface area contributed by atoms with E-state index in [0.29, 0.717) is 29.4 Å². The zero-order valence-corrected chi connectivity index (χ0v) is 12.0. The highest BCUT2D eigenvalue weighted by atomic mass is 16.5. The van der Waals surface area contributed by atoms with Crippen molar-refractivity contribution in [1.82, 2.24) is 0 Å². The predicted molar refractivity (Wildman–Crippen MR) is 71.1 cm³/mol. The molecule has 0 aromatic heterocycles. The van der Waals surface area contributed by atoms with E-state index >= 15 is 0 Å². The van der Waals surface area contributed by atoms with E-state index in [9.17, 15) is 4.79 Å². The lowest BCUT2D eigenvalue weighted by Crippen LogP contribution is -2.15. The van der Waals surface area contributed by atoms with Crippen LogP contribution in [0.25, 0.3) is 0 Å². The van der Waals surface area contributed by atoms with Crippen molar-refractivity contribution in [3.63, 3.8) is 0 Å². The Hall–Kier alpha value is -1.91. The smallest absolute Gasteiger partial charge is 0.313 e. The number of benzene rings is 1. The molecular formula is C14H20O5. The molecule has 0 amide bonds. The summed E-state index contributed by atoms with van der Waals surface area (Å²) in [6.45, 7) is 3.85. The maximum Gasteiger partial charge on any atom is 0.313 e. The Morgan fingerprint density at radius 2 is 1.68 bits per heavy atom. The fraction of sp³-hybridized carbons (Fsp3) is 0.500. The molecule has 106 valence electrons. The fourth-order valence-electron chi connectivity index (χ4n) is 1.91. The Balaban J connectivity index is 3.32. The molecule has 1 atom stereocenters. The molecule has 0 bridgehead atoms. The Bertz CT molecular complexity index is 442. The number of rotatable bonds is 6. The van der Waals surface area contributed by atoms with Crippen molar-refractivity contribution in [3.8, 4) is 17.2 Å². The summed E-state index contributed by atoms with van der Waals surface area (Å²) in [5.74, 6) is 0.780. The number of ether oxygens (including phenoxy) is 4. The molecule has 1 aromatic rings. The van der Waals surface area contributed by atoms with Gasteiger partial charge in [0.1, 0.15) is 5.75 Å². The van der Waals surface area contributed by atoms with E-state index < -0.39 is 5.92 Å². The molecule has 5 heteroatoms. The summed E-state index contributed by atoms with van der Waals surface area (Å²) in [7, 11) is 4.62. The minimum Gasteiger partial charge on any atom is -0.496 e. The van der Waals surface area contributed by atoms with Gasteiger partial charge >= 0.3 is 5.97 Å². The van der Waals surface area contributed by atoms with Crippen LogP contribution in [0, 0.1) is 0 Å². The van der Waals surface area contributed by atoms with Gasteiger partial charge in [-0.3, -0.25) is 4.79 Å². The van der Waals surface area contributed by atoms with Gasteiger partial charge in [0.05, 0.1) is 39.4 Å². The summed E-state index contributed by atoms with van der Waals surface area (Å²) >= 11 is 0. The van der Waals surface area contributed by atoms with Crippen molar-refractivity contribution in [2.24, 2.45) is 0 Å². The van der Waals surface area contributed by atoms with Crippen LogP contribution in [-0.2, 0) is 9.53 Å². The molecule has 0 fully saturated rings. The minimum absolute atomic E-state index is 0.327. The highest BCUT2D eigenvalue weighted by Crippen LogP contribution is 2.42. The molecule has 0 saturated heterocycles. The van der Waals surface area contributed by atoms with E-state index in [1.807, 2.05) is 0 Å². The highest BCUT2D eigenvalue weighted by Gasteiger charge is 2.26. The molecule has 19 heavy (non-hydrogen) atoms. The van der Waals surface area contributed by atoms with Crippen LogP contribution in [0.15, 0.2) is 12.1 Å². The lowest BCUT2D eigenvalue weighted by molar-refractivity contribution is -0.144. The molecule has 0 radical (unpaired) electrons. The van der Waals surface area contributed by atoms with E-state index in [2.05, 4.69) is 0 Å². The third-order valence-electron chi connectivity index (χ3n) is 2.84. The summed E-state index contributed by atoms with van der Waals surface area (Å²) in [5, 5.41) is 0. The van der Waals surface area contributed by atoms with Gasteiger partial charge in [-0.2, -0.15) is 0 Å². The number of hydrogen-bond acceptors (Lipinski definition) is 5. The van der Waals surface area contributed by atoms with E-state index in [0.717, 1.165) is 0 Å². The van der Waals surface area contributed by atoms with Gasteiger partial charge in [0.2, 0.25) is 0 Å². The second kappa shape index (κ2) is 6.87. The second-order valence-electron chi connectivity index (χ2n) is 3.89. The molecule has 5 nitrogen and oxygen atoms in total. The Labute approximate surface area is 113 Å². The van der Waals surface area contributed by atoms with Gasteiger partial charge in [0, 0.05) is 0 Å². The number of hydrogen-bond donors (Lipinski definition) is 0. The van der Waals surface area contributed by atoms with Gasteiger partial charge in [-0.1, -0.05) is 0 Å². The number of methoxy groups -OCH3 is 3. The van der Waals surface area contributed by atoms with Crippen LogP contribution < -0.4 is 14.2 Å². The molecule has 0 saturated carbocycles. The second-order valence-corrected chi connectivity index (χ2v) is 3.89. The van der Waals surface area contributed by atoms with Crippen LogP contribution in [0.4, 0.5) is 0 Å². The van der Waals surface area contributed by atoms with Crippen molar-refractivity contribution < 1.29 is 23.7 Å². The van der Waals surface area contributed by atoms with E-state index in [4.69, 9.17) is 18.9 Å². The normalized spacial score (nSPS) is 11.6. The molecule has 0 aliphatic carbocycles. The summed E-state index contributed by atoms with van der Waals surface area (Å²) in [6, 6.07) is 3.48. The van der Waals surface area contributed by atoms with Crippen molar-refractivity contribution in [3.05, 3.63) is 17.7 Å². The first-order chi connectivity index (χ1) is 9.10. The summed E-state index contributed by atoms with van der Waals surface area (Å²) in [6.07, 6.45) is 0. The van der Waals surface area contributed by atoms with Crippen molar-refractivity contribution in [1.29, 1.82) is 0 Å². The third kappa shape index (κ3) is 3.10. The molecule has 0 heterocycles. The minimum atomic E-state index is -0.500. The van der Waals surface area contributed by atoms with Crippen LogP contribution in [0.5, 0.6) is 17.2 Å². The molecule has 1 unspecified atom stereocenters. The van der Waals surface area contributed by atoms with Gasteiger partial charge in [-0.15, -0.1) is 0 Å². The van der Waals surface area contributed by atoms with Crippen LogP contribution in [0.3, 0.4) is 0 Å². The van der Waals surface area contributed by atoms with Gasteiger partial charge < -0.3 is 18.9 Å². The van der Waals surface area contributed by atoms with E-state index in [1.54, 1.807) is 40.2 Å². The molecule has 1 rings (SSSR count). The fourth-order valence-corrected chi connectivity index (χ4v) is 1.91. The predicted octanol–water partition coefficient (Wildman–Crippen LogP) is 2.38. The maximum atomic E-state index is 11.9. The molecule has 0 N–H and O–H groups in total. The maximum absolute atomic E-state index is 11.9. The molecule has 0 aliphatic heterocycles. The standard InChI is InChI=1S/C14H20O5/c1-6-19-14(15)9(2)12-10(16-3)7-8-11(17-4)13(12)18-5/h7-9H,6H2,1-5H3. The quantitative estimate of drug-likeness (QED) is 0.741. The average Bonchev–Trinajstić information content (AvgIpc) is 2.44. The van der Waals surface area contributed by atoms with Crippen LogP contribution in [0.1, 0.15) is 25.3 Å². The first kappa shape index (κ1) is 15.1. The van der Waals surface area contributed by atoms with E-state index in [-0.39, 0.29) is 5.97 Å². The number of esters is 1. The van der Waals surface area contributed by atoms with Gasteiger partial charge in [-0.25, -0.2) is 0 Å². The molecular weight excluding hydrogens is 248 g/mol. The van der Waals surface area contributed by atoms with Crippen molar-refractivity contribution in [2.75, 3.05) is 27.9 Å².